The quantitative estimate of drug-likeness (QED) is 0.644. The smallest absolute Gasteiger partial charge is 0.335 e. The number of nitrogens with one attached hydrogen (secondary N) is 1. The van der Waals surface area contributed by atoms with E-state index in [1.54, 1.807) is 18.2 Å². The number of amides is 1. The second kappa shape index (κ2) is 6.86. The van der Waals surface area contributed by atoms with Crippen molar-refractivity contribution in [2.45, 2.75) is 0 Å². The van der Waals surface area contributed by atoms with Crippen LogP contribution in [0, 0.1) is 0 Å². The van der Waals surface area contributed by atoms with Crippen LogP contribution in [0.15, 0.2) is 59.5 Å². The Morgan fingerprint density at radius 3 is 2.42 bits per heavy atom. The molecule has 0 aliphatic carbocycles. The number of carbonyl (C=O) groups excluding carboxylic acids is 1. The number of carboxylic acid groups (broad SMARTS) is 1. The molecule has 2 aromatic carbocycles. The number of nitrogens with zero attached hydrogens (tertiary/aromatic N) is 1. The maximum atomic E-state index is 12.5. The Hall–Kier alpha value is -2.64. The van der Waals surface area contributed by atoms with Crippen molar-refractivity contribution < 1.29 is 14.7 Å². The van der Waals surface area contributed by atoms with Crippen LogP contribution in [0.25, 0.3) is 6.08 Å². The normalized spacial score (nSPS) is 15.8. The van der Waals surface area contributed by atoms with Crippen LogP contribution < -0.4 is 5.43 Å². The molecule has 1 saturated heterocycles. The summed E-state index contributed by atoms with van der Waals surface area (Å²) in [5.41, 5.74) is 4.68. The van der Waals surface area contributed by atoms with E-state index in [-0.39, 0.29) is 11.5 Å². The van der Waals surface area contributed by atoms with Gasteiger partial charge in [-0.15, -0.1) is 0 Å². The van der Waals surface area contributed by atoms with Crippen molar-refractivity contribution >= 4 is 51.9 Å². The van der Waals surface area contributed by atoms with Crippen LogP contribution >= 0.6 is 24.0 Å². The van der Waals surface area contributed by atoms with E-state index < -0.39 is 5.97 Å². The van der Waals surface area contributed by atoms with Gasteiger partial charge in [-0.25, -0.2) is 9.80 Å². The Balaban J connectivity index is 1.79. The van der Waals surface area contributed by atoms with Crippen LogP contribution in [0.1, 0.15) is 15.9 Å². The van der Waals surface area contributed by atoms with Crippen molar-refractivity contribution in [1.29, 1.82) is 0 Å². The fourth-order valence-electron chi connectivity index (χ4n) is 2.08. The first-order valence-corrected chi connectivity index (χ1v) is 8.20. The highest BCUT2D eigenvalue weighted by Crippen LogP contribution is 2.32. The highest BCUT2D eigenvalue weighted by molar-refractivity contribution is 8.26. The minimum Gasteiger partial charge on any atom is -0.478 e. The summed E-state index contributed by atoms with van der Waals surface area (Å²) in [4.78, 5) is 23.8. The molecular formula is C17H12N2O3S2. The first-order chi connectivity index (χ1) is 11.5. The summed E-state index contributed by atoms with van der Waals surface area (Å²) < 4.78 is 0.414. The molecule has 0 aromatic heterocycles. The minimum absolute atomic E-state index is 0.199. The molecule has 1 aliphatic heterocycles. The monoisotopic (exact) mass is 356 g/mol. The molecule has 3 rings (SSSR count). The number of hydrogen-bond acceptors (Lipinski definition) is 5. The van der Waals surface area contributed by atoms with Crippen LogP contribution in [0.5, 0.6) is 0 Å². The fourth-order valence-corrected chi connectivity index (χ4v) is 3.26. The van der Waals surface area contributed by atoms with E-state index in [0.717, 1.165) is 11.3 Å². The van der Waals surface area contributed by atoms with Crippen LogP contribution in [-0.2, 0) is 4.79 Å². The van der Waals surface area contributed by atoms with E-state index in [9.17, 15) is 9.59 Å². The predicted octanol–water partition coefficient (Wildman–Crippen LogP) is 3.61. The molecule has 120 valence electrons. The van der Waals surface area contributed by atoms with Crippen molar-refractivity contribution in [1.82, 2.24) is 5.01 Å². The molecule has 0 saturated carbocycles. The molecule has 1 amide bonds. The van der Waals surface area contributed by atoms with Gasteiger partial charge >= 0.3 is 5.97 Å². The van der Waals surface area contributed by atoms with Crippen molar-refractivity contribution in [3.63, 3.8) is 0 Å². The topological polar surface area (TPSA) is 69.6 Å². The third kappa shape index (κ3) is 3.47. The third-order valence-corrected chi connectivity index (χ3v) is 4.57. The summed E-state index contributed by atoms with van der Waals surface area (Å²) in [5.74, 6) is -1.23. The zero-order chi connectivity index (χ0) is 17.1. The van der Waals surface area contributed by atoms with E-state index in [0.29, 0.717) is 9.23 Å². The number of rotatable bonds is 4. The molecule has 2 N–H and O–H groups in total. The average Bonchev–Trinajstić information content (AvgIpc) is 2.84. The van der Waals surface area contributed by atoms with Gasteiger partial charge in [-0.2, -0.15) is 0 Å². The lowest BCUT2D eigenvalue weighted by Gasteiger charge is -2.16. The maximum absolute atomic E-state index is 12.5. The number of benzene rings is 2. The number of carbonyl (C=O) groups is 2. The summed E-state index contributed by atoms with van der Waals surface area (Å²) in [6.07, 6.45) is 1.69. The maximum Gasteiger partial charge on any atom is 0.335 e. The van der Waals surface area contributed by atoms with E-state index in [4.69, 9.17) is 17.3 Å². The SMILES string of the molecule is O=C(O)c1ccc(/C=C2/SC(=S)N(Nc3ccccc3)C2=O)cc1. The van der Waals surface area contributed by atoms with Crippen LogP contribution in [0.3, 0.4) is 0 Å². The van der Waals surface area contributed by atoms with Gasteiger partial charge in [-0.05, 0) is 48.1 Å². The van der Waals surface area contributed by atoms with E-state index in [1.165, 1.54) is 28.9 Å². The zero-order valence-corrected chi connectivity index (χ0v) is 13.9. The highest BCUT2D eigenvalue weighted by Gasteiger charge is 2.32. The Bertz CT molecular complexity index is 833. The predicted molar refractivity (Wildman–Crippen MR) is 98.5 cm³/mol. The number of thioether (sulfide) groups is 1. The lowest BCUT2D eigenvalue weighted by atomic mass is 10.1. The molecule has 0 spiro atoms. The Labute approximate surface area is 147 Å². The number of anilines is 1. The zero-order valence-electron chi connectivity index (χ0n) is 12.3. The first kappa shape index (κ1) is 16.2. The van der Waals surface area contributed by atoms with Crippen LogP contribution in [0.4, 0.5) is 5.69 Å². The van der Waals surface area contributed by atoms with Gasteiger partial charge in [0.25, 0.3) is 5.91 Å². The molecule has 0 radical (unpaired) electrons. The molecule has 1 heterocycles. The second-order valence-corrected chi connectivity index (χ2v) is 6.60. The molecule has 1 aliphatic rings. The van der Waals surface area contributed by atoms with Gasteiger partial charge in [0.15, 0.2) is 4.32 Å². The molecule has 1 fully saturated rings. The van der Waals surface area contributed by atoms with Crippen molar-refractivity contribution in [3.05, 3.63) is 70.6 Å². The van der Waals surface area contributed by atoms with Gasteiger partial charge in [0.1, 0.15) is 0 Å². The Kier molecular flexibility index (Phi) is 4.64. The molecule has 0 atom stereocenters. The fraction of sp³-hybridized carbons (Fsp3) is 0. The van der Waals surface area contributed by atoms with Gasteiger partial charge in [-0.1, -0.05) is 42.1 Å². The van der Waals surface area contributed by atoms with Crippen molar-refractivity contribution in [2.24, 2.45) is 0 Å². The minimum atomic E-state index is -0.986. The molecule has 24 heavy (non-hydrogen) atoms. The molecule has 5 nitrogen and oxygen atoms in total. The number of carboxylic acids is 1. The van der Waals surface area contributed by atoms with Crippen LogP contribution in [0.2, 0.25) is 0 Å². The lowest BCUT2D eigenvalue weighted by Crippen LogP contribution is -2.33. The Morgan fingerprint density at radius 1 is 1.12 bits per heavy atom. The molecule has 2 aromatic rings. The number of para-hydroxylation sites is 1. The van der Waals surface area contributed by atoms with Crippen molar-refractivity contribution in [2.75, 3.05) is 5.43 Å². The number of thiocarbonyl (C=S) groups is 1. The molecule has 0 bridgehead atoms. The van der Waals surface area contributed by atoms with Gasteiger partial charge in [0.05, 0.1) is 16.2 Å². The Morgan fingerprint density at radius 2 is 1.79 bits per heavy atom. The molecular weight excluding hydrogens is 344 g/mol. The molecule has 0 unspecified atom stereocenters. The summed E-state index contributed by atoms with van der Waals surface area (Å²) in [7, 11) is 0. The van der Waals surface area contributed by atoms with Gasteiger partial charge in [-0.3, -0.25) is 10.2 Å². The summed E-state index contributed by atoms with van der Waals surface area (Å²) >= 11 is 6.45. The van der Waals surface area contributed by atoms with Crippen LogP contribution in [-0.4, -0.2) is 26.3 Å². The number of aromatic carboxylic acids is 1. The van der Waals surface area contributed by atoms with Gasteiger partial charge in [0, 0.05) is 0 Å². The number of hydrazine groups is 1. The summed E-state index contributed by atoms with van der Waals surface area (Å²) in [6.45, 7) is 0. The molecule has 7 heteroatoms. The van der Waals surface area contributed by atoms with Gasteiger partial charge < -0.3 is 5.11 Å². The highest BCUT2D eigenvalue weighted by atomic mass is 32.2. The lowest BCUT2D eigenvalue weighted by molar-refractivity contribution is -0.121. The average molecular weight is 356 g/mol. The van der Waals surface area contributed by atoms with Crippen molar-refractivity contribution in [3.8, 4) is 0 Å². The van der Waals surface area contributed by atoms with Gasteiger partial charge in [0.2, 0.25) is 0 Å². The summed E-state index contributed by atoms with van der Waals surface area (Å²) in [6, 6.07) is 15.6. The van der Waals surface area contributed by atoms with E-state index in [1.807, 2.05) is 30.3 Å². The summed E-state index contributed by atoms with van der Waals surface area (Å²) in [5, 5.41) is 10.2. The largest absolute Gasteiger partial charge is 0.478 e. The third-order valence-electron chi connectivity index (χ3n) is 3.26. The first-order valence-electron chi connectivity index (χ1n) is 6.97. The second-order valence-electron chi connectivity index (χ2n) is 4.92. The van der Waals surface area contributed by atoms with E-state index in [2.05, 4.69) is 5.43 Å². The standard InChI is InChI=1S/C17H12N2O3S2/c20-15-14(10-11-6-8-12(9-7-11)16(21)22)24-17(23)19(15)18-13-4-2-1-3-5-13/h1-10,18H,(H,21,22)/b14-10+. The van der Waals surface area contributed by atoms with E-state index >= 15 is 0 Å². The number of hydrogen-bond donors (Lipinski definition) is 2.